The quantitative estimate of drug-likeness (QED) is 0.908. The number of carbonyl (C=O) groups is 1. The maximum atomic E-state index is 13.5. The van der Waals surface area contributed by atoms with Gasteiger partial charge in [-0.1, -0.05) is 19.9 Å². The third kappa shape index (κ3) is 2.42. The Bertz CT molecular complexity index is 609. The predicted molar refractivity (Wildman–Crippen MR) is 81.8 cm³/mol. The van der Waals surface area contributed by atoms with Gasteiger partial charge in [0.1, 0.15) is 11.4 Å². The highest BCUT2D eigenvalue weighted by atomic mass is 19.1. The lowest BCUT2D eigenvalue weighted by atomic mass is 9.72. The highest BCUT2D eigenvalue weighted by Gasteiger charge is 2.50. The molecule has 5 heteroatoms. The van der Waals surface area contributed by atoms with Crippen LogP contribution in [0.4, 0.5) is 4.39 Å². The number of nitrogens with zero attached hydrogens (tertiary/aromatic N) is 1. The fourth-order valence-corrected chi connectivity index (χ4v) is 3.69. The van der Waals surface area contributed by atoms with Crippen LogP contribution >= 0.6 is 0 Å². The van der Waals surface area contributed by atoms with Crippen LogP contribution in [0.2, 0.25) is 0 Å². The molecule has 1 fully saturated rings. The Kier molecular flexibility index (Phi) is 3.53. The molecule has 1 heterocycles. The fourth-order valence-electron chi connectivity index (χ4n) is 3.69. The monoisotopic (exact) mass is 306 g/mol. The molecule has 2 N–H and O–H groups in total. The molecule has 0 aromatic heterocycles. The maximum Gasteiger partial charge on any atom is 0.243 e. The molecule has 1 amide bonds. The van der Waals surface area contributed by atoms with Crippen LogP contribution in [0.3, 0.4) is 0 Å². The van der Waals surface area contributed by atoms with Crippen LogP contribution in [-0.4, -0.2) is 36.1 Å². The number of carbonyl (C=O) groups excluding carboxylic acids is 1. The van der Waals surface area contributed by atoms with Crippen LogP contribution in [-0.2, 0) is 21.5 Å². The molecule has 0 atom stereocenters. The average Bonchev–Trinajstić information content (AvgIpc) is 2.43. The van der Waals surface area contributed by atoms with E-state index in [4.69, 9.17) is 10.5 Å². The van der Waals surface area contributed by atoms with Gasteiger partial charge in [-0.15, -0.1) is 0 Å². The molecule has 0 unspecified atom stereocenters. The van der Waals surface area contributed by atoms with Crippen molar-refractivity contribution in [2.45, 2.75) is 50.3 Å². The Morgan fingerprint density at radius 2 is 2.09 bits per heavy atom. The standard InChI is InChI=1S/C17H23FN2O2/c1-16(2)10-20(9-11-4-5-12(18)6-14(11)16)15(21)17(19)7-13(8-17)22-3/h4-6,13H,7-10,19H2,1-3H3. The minimum atomic E-state index is -0.811. The highest BCUT2D eigenvalue weighted by molar-refractivity contribution is 5.87. The van der Waals surface area contributed by atoms with Gasteiger partial charge in [0.25, 0.3) is 0 Å². The second-order valence-electron chi connectivity index (χ2n) is 7.27. The number of hydrogen-bond donors (Lipinski definition) is 1. The largest absolute Gasteiger partial charge is 0.381 e. The SMILES string of the molecule is COC1CC(N)(C(=O)N2Cc3ccc(F)cc3C(C)(C)C2)C1. The lowest BCUT2D eigenvalue weighted by Gasteiger charge is -2.48. The van der Waals surface area contributed by atoms with E-state index in [1.807, 2.05) is 18.7 Å². The second-order valence-corrected chi connectivity index (χ2v) is 7.27. The van der Waals surface area contributed by atoms with Crippen LogP contribution in [0, 0.1) is 5.82 Å². The molecule has 1 aromatic rings. The number of fused-ring (bicyclic) bond motifs is 1. The Balaban J connectivity index is 1.83. The summed E-state index contributed by atoms with van der Waals surface area (Å²) in [5.41, 5.74) is 7.12. The van der Waals surface area contributed by atoms with Gasteiger partial charge in [0.15, 0.2) is 0 Å². The van der Waals surface area contributed by atoms with Crippen molar-refractivity contribution in [2.75, 3.05) is 13.7 Å². The first-order valence-corrected chi connectivity index (χ1v) is 7.65. The van der Waals surface area contributed by atoms with Crippen LogP contribution in [0.25, 0.3) is 0 Å². The first-order valence-electron chi connectivity index (χ1n) is 7.65. The summed E-state index contributed by atoms with van der Waals surface area (Å²) in [7, 11) is 1.64. The third-order valence-corrected chi connectivity index (χ3v) is 4.98. The maximum absolute atomic E-state index is 13.5. The molecule has 0 saturated heterocycles. The van der Waals surface area contributed by atoms with Gasteiger partial charge in [-0.2, -0.15) is 0 Å². The number of rotatable bonds is 2. The van der Waals surface area contributed by atoms with E-state index in [0.717, 1.165) is 11.1 Å². The Hall–Kier alpha value is -1.46. The van der Waals surface area contributed by atoms with E-state index >= 15 is 0 Å². The van der Waals surface area contributed by atoms with Crippen molar-refractivity contribution in [1.29, 1.82) is 0 Å². The van der Waals surface area contributed by atoms with E-state index in [1.54, 1.807) is 19.2 Å². The molecule has 0 bridgehead atoms. The Morgan fingerprint density at radius 1 is 1.41 bits per heavy atom. The summed E-state index contributed by atoms with van der Waals surface area (Å²) in [5.74, 6) is -0.257. The summed E-state index contributed by atoms with van der Waals surface area (Å²) >= 11 is 0. The summed E-state index contributed by atoms with van der Waals surface area (Å²) < 4.78 is 18.8. The smallest absolute Gasteiger partial charge is 0.243 e. The zero-order valence-corrected chi connectivity index (χ0v) is 13.4. The van der Waals surface area contributed by atoms with Crippen molar-refractivity contribution < 1.29 is 13.9 Å². The van der Waals surface area contributed by atoms with Crippen molar-refractivity contribution in [3.05, 3.63) is 35.1 Å². The van der Waals surface area contributed by atoms with E-state index in [2.05, 4.69) is 0 Å². The van der Waals surface area contributed by atoms with Crippen LogP contribution < -0.4 is 5.73 Å². The van der Waals surface area contributed by atoms with Gasteiger partial charge in [0.05, 0.1) is 6.10 Å². The van der Waals surface area contributed by atoms with Gasteiger partial charge < -0.3 is 15.4 Å². The summed E-state index contributed by atoms with van der Waals surface area (Å²) in [6.07, 6.45) is 1.21. The molecule has 1 saturated carbocycles. The molecular formula is C17H23FN2O2. The summed E-state index contributed by atoms with van der Waals surface area (Å²) in [6, 6.07) is 4.80. The van der Waals surface area contributed by atoms with Gasteiger partial charge in [-0.25, -0.2) is 4.39 Å². The van der Waals surface area contributed by atoms with Gasteiger partial charge in [0, 0.05) is 38.5 Å². The molecule has 1 aliphatic heterocycles. The number of amides is 1. The third-order valence-electron chi connectivity index (χ3n) is 4.98. The first-order chi connectivity index (χ1) is 10.2. The molecular weight excluding hydrogens is 283 g/mol. The minimum absolute atomic E-state index is 0.0242. The van der Waals surface area contributed by atoms with E-state index < -0.39 is 5.54 Å². The molecule has 4 nitrogen and oxygen atoms in total. The molecule has 22 heavy (non-hydrogen) atoms. The van der Waals surface area contributed by atoms with E-state index in [9.17, 15) is 9.18 Å². The fraction of sp³-hybridized carbons (Fsp3) is 0.588. The summed E-state index contributed by atoms with van der Waals surface area (Å²) in [4.78, 5) is 14.6. The second kappa shape index (κ2) is 5.03. The summed E-state index contributed by atoms with van der Waals surface area (Å²) in [5, 5.41) is 0. The lowest BCUT2D eigenvalue weighted by Crippen LogP contribution is -2.66. The molecule has 120 valence electrons. The normalized spacial score (nSPS) is 29.7. The molecule has 1 aliphatic carbocycles. The molecule has 2 aliphatic rings. The van der Waals surface area contributed by atoms with Crippen molar-refractivity contribution in [2.24, 2.45) is 5.73 Å². The lowest BCUT2D eigenvalue weighted by molar-refractivity contribution is -0.148. The van der Waals surface area contributed by atoms with Crippen molar-refractivity contribution in [3.63, 3.8) is 0 Å². The van der Waals surface area contributed by atoms with E-state index in [-0.39, 0.29) is 23.2 Å². The zero-order valence-electron chi connectivity index (χ0n) is 13.4. The predicted octanol–water partition coefficient (Wildman–Crippen LogP) is 1.95. The number of methoxy groups -OCH3 is 1. The first kappa shape index (κ1) is 15.4. The van der Waals surface area contributed by atoms with Crippen LogP contribution in [0.15, 0.2) is 18.2 Å². The Labute approximate surface area is 130 Å². The number of halogens is 1. The van der Waals surface area contributed by atoms with Gasteiger partial charge >= 0.3 is 0 Å². The van der Waals surface area contributed by atoms with Crippen molar-refractivity contribution in [1.82, 2.24) is 4.90 Å². The zero-order chi connectivity index (χ0) is 16.1. The van der Waals surface area contributed by atoms with Gasteiger partial charge in [-0.05, 0) is 23.3 Å². The molecule has 1 aromatic carbocycles. The van der Waals surface area contributed by atoms with E-state index in [1.165, 1.54) is 6.07 Å². The van der Waals surface area contributed by atoms with Crippen molar-refractivity contribution in [3.8, 4) is 0 Å². The minimum Gasteiger partial charge on any atom is -0.381 e. The number of ether oxygens (including phenoxy) is 1. The van der Waals surface area contributed by atoms with Crippen molar-refractivity contribution >= 4 is 5.91 Å². The molecule has 0 radical (unpaired) electrons. The number of benzene rings is 1. The molecule has 0 spiro atoms. The highest BCUT2D eigenvalue weighted by Crippen LogP contribution is 2.38. The number of nitrogens with two attached hydrogens (primary N) is 1. The van der Waals surface area contributed by atoms with Crippen LogP contribution in [0.5, 0.6) is 0 Å². The summed E-state index contributed by atoms with van der Waals surface area (Å²) in [6.45, 7) is 5.12. The topological polar surface area (TPSA) is 55.6 Å². The van der Waals surface area contributed by atoms with E-state index in [0.29, 0.717) is 25.9 Å². The van der Waals surface area contributed by atoms with Crippen LogP contribution in [0.1, 0.15) is 37.8 Å². The molecule has 3 rings (SSSR count). The van der Waals surface area contributed by atoms with Gasteiger partial charge in [0.2, 0.25) is 5.91 Å². The number of hydrogen-bond acceptors (Lipinski definition) is 3. The Morgan fingerprint density at radius 3 is 2.73 bits per heavy atom. The average molecular weight is 306 g/mol. The van der Waals surface area contributed by atoms with Gasteiger partial charge in [-0.3, -0.25) is 4.79 Å².